The first-order chi connectivity index (χ1) is 9.75. The van der Waals surface area contributed by atoms with E-state index in [2.05, 4.69) is 5.10 Å². The zero-order valence-corrected chi connectivity index (χ0v) is 14.6. The van der Waals surface area contributed by atoms with Crippen LogP contribution < -0.4 is 5.73 Å². The Kier molecular flexibility index (Phi) is 6.37. The number of nitrogens with zero attached hydrogens (tertiary/aromatic N) is 3. The summed E-state index contributed by atoms with van der Waals surface area (Å²) in [5.74, 6) is 0.285. The molecule has 0 amide bonds. The monoisotopic (exact) mass is 316 g/mol. The Hall–Kier alpha value is -0.920. The number of nitrogens with two attached hydrogens (primary N) is 1. The van der Waals surface area contributed by atoms with Crippen LogP contribution in [0.2, 0.25) is 0 Å². The Morgan fingerprint density at radius 1 is 1.33 bits per heavy atom. The van der Waals surface area contributed by atoms with Gasteiger partial charge in [0.2, 0.25) is 10.0 Å². The van der Waals surface area contributed by atoms with Crippen molar-refractivity contribution in [1.82, 2.24) is 14.1 Å². The van der Waals surface area contributed by atoms with E-state index in [0.29, 0.717) is 42.5 Å². The second-order valence-corrected chi connectivity index (χ2v) is 7.59. The fraction of sp³-hybridized carbons (Fsp3) is 0.786. The van der Waals surface area contributed by atoms with Crippen LogP contribution in [0.5, 0.6) is 0 Å². The smallest absolute Gasteiger partial charge is 0.246 e. The van der Waals surface area contributed by atoms with Crippen LogP contribution in [0.1, 0.15) is 38.6 Å². The SMILES string of the molecule is CCN(CC(C)C)S(=O)(=O)c1c(C)nn(CCCN)c1C. The molecule has 122 valence electrons. The van der Waals surface area contributed by atoms with Gasteiger partial charge in [-0.1, -0.05) is 20.8 Å². The van der Waals surface area contributed by atoms with Gasteiger partial charge in [-0.05, 0) is 32.7 Å². The molecular formula is C14H28N4O2S. The van der Waals surface area contributed by atoms with Gasteiger partial charge in [-0.2, -0.15) is 9.40 Å². The van der Waals surface area contributed by atoms with Crippen LogP contribution in [0.4, 0.5) is 0 Å². The molecule has 0 radical (unpaired) electrons. The lowest BCUT2D eigenvalue weighted by Crippen LogP contribution is -2.34. The average Bonchev–Trinajstić information content (AvgIpc) is 2.68. The van der Waals surface area contributed by atoms with Gasteiger partial charge in [0, 0.05) is 19.6 Å². The van der Waals surface area contributed by atoms with E-state index in [-0.39, 0.29) is 5.92 Å². The van der Waals surface area contributed by atoms with Gasteiger partial charge in [0.25, 0.3) is 0 Å². The van der Waals surface area contributed by atoms with Crippen molar-refractivity contribution < 1.29 is 8.42 Å². The van der Waals surface area contributed by atoms with Crippen LogP contribution in [0.3, 0.4) is 0 Å². The van der Waals surface area contributed by atoms with Gasteiger partial charge in [-0.25, -0.2) is 8.42 Å². The summed E-state index contributed by atoms with van der Waals surface area (Å²) in [5, 5.41) is 4.37. The van der Waals surface area contributed by atoms with Crippen LogP contribution in [-0.2, 0) is 16.6 Å². The summed E-state index contributed by atoms with van der Waals surface area (Å²) in [5.41, 5.74) is 6.77. The van der Waals surface area contributed by atoms with E-state index in [9.17, 15) is 8.42 Å². The van der Waals surface area contributed by atoms with Crippen LogP contribution in [0, 0.1) is 19.8 Å². The molecule has 0 spiro atoms. The van der Waals surface area contributed by atoms with Gasteiger partial charge in [0.15, 0.2) is 0 Å². The molecule has 0 atom stereocenters. The maximum Gasteiger partial charge on any atom is 0.246 e. The Morgan fingerprint density at radius 2 is 1.95 bits per heavy atom. The predicted octanol–water partition coefficient (Wildman–Crippen LogP) is 1.52. The van der Waals surface area contributed by atoms with Gasteiger partial charge < -0.3 is 5.73 Å². The second kappa shape index (κ2) is 7.38. The minimum absolute atomic E-state index is 0.285. The minimum Gasteiger partial charge on any atom is -0.330 e. The van der Waals surface area contributed by atoms with Crippen molar-refractivity contribution >= 4 is 10.0 Å². The van der Waals surface area contributed by atoms with Crippen molar-refractivity contribution in [2.45, 2.75) is 52.5 Å². The van der Waals surface area contributed by atoms with Gasteiger partial charge in [0.05, 0.1) is 11.4 Å². The summed E-state index contributed by atoms with van der Waals surface area (Å²) in [6, 6.07) is 0. The molecule has 1 aromatic heterocycles. The van der Waals surface area contributed by atoms with Crippen LogP contribution in [0.25, 0.3) is 0 Å². The third kappa shape index (κ3) is 4.05. The zero-order chi connectivity index (χ0) is 16.2. The van der Waals surface area contributed by atoms with Crippen molar-refractivity contribution in [2.24, 2.45) is 11.7 Å². The van der Waals surface area contributed by atoms with Crippen molar-refractivity contribution in [2.75, 3.05) is 19.6 Å². The van der Waals surface area contributed by atoms with Crippen molar-refractivity contribution in [3.8, 4) is 0 Å². The molecule has 21 heavy (non-hydrogen) atoms. The average molecular weight is 316 g/mol. The normalized spacial score (nSPS) is 12.6. The number of aromatic nitrogens is 2. The number of hydrogen-bond donors (Lipinski definition) is 1. The highest BCUT2D eigenvalue weighted by Gasteiger charge is 2.30. The first kappa shape index (κ1) is 18.1. The molecule has 7 heteroatoms. The Bertz CT molecular complexity index is 564. The molecule has 0 fully saturated rings. The molecule has 6 nitrogen and oxygen atoms in total. The van der Waals surface area contributed by atoms with E-state index in [1.165, 1.54) is 4.31 Å². The molecule has 0 aromatic carbocycles. The first-order valence-corrected chi connectivity index (χ1v) is 8.93. The van der Waals surface area contributed by atoms with Gasteiger partial charge >= 0.3 is 0 Å². The van der Waals surface area contributed by atoms with Crippen molar-refractivity contribution in [3.63, 3.8) is 0 Å². The van der Waals surface area contributed by atoms with E-state index in [1.807, 2.05) is 27.7 Å². The van der Waals surface area contributed by atoms with Crippen LogP contribution >= 0.6 is 0 Å². The molecule has 0 aliphatic carbocycles. The van der Waals surface area contributed by atoms with Crippen molar-refractivity contribution in [3.05, 3.63) is 11.4 Å². The molecule has 0 saturated carbocycles. The quantitative estimate of drug-likeness (QED) is 0.788. The van der Waals surface area contributed by atoms with Gasteiger partial charge in [-0.15, -0.1) is 0 Å². The molecular weight excluding hydrogens is 288 g/mol. The second-order valence-electron chi connectivity index (χ2n) is 5.71. The number of hydrogen-bond acceptors (Lipinski definition) is 4. The molecule has 1 rings (SSSR count). The minimum atomic E-state index is -3.49. The summed E-state index contributed by atoms with van der Waals surface area (Å²) in [6.07, 6.45) is 0.783. The molecule has 2 N–H and O–H groups in total. The number of rotatable bonds is 8. The lowest BCUT2D eigenvalue weighted by molar-refractivity contribution is 0.380. The highest BCUT2D eigenvalue weighted by atomic mass is 32.2. The zero-order valence-electron chi connectivity index (χ0n) is 13.8. The Morgan fingerprint density at radius 3 is 2.43 bits per heavy atom. The van der Waals surface area contributed by atoms with E-state index in [0.717, 1.165) is 6.42 Å². The van der Waals surface area contributed by atoms with Crippen LogP contribution in [-0.4, -0.2) is 42.1 Å². The summed E-state index contributed by atoms with van der Waals surface area (Å²) >= 11 is 0. The summed E-state index contributed by atoms with van der Waals surface area (Å²) < 4.78 is 29.0. The first-order valence-electron chi connectivity index (χ1n) is 7.49. The molecule has 0 bridgehead atoms. The summed E-state index contributed by atoms with van der Waals surface area (Å²) in [4.78, 5) is 0.349. The van der Waals surface area contributed by atoms with Crippen molar-refractivity contribution in [1.29, 1.82) is 0 Å². The van der Waals surface area contributed by atoms with Crippen LogP contribution in [0.15, 0.2) is 4.90 Å². The number of sulfonamides is 1. The van der Waals surface area contributed by atoms with E-state index in [4.69, 9.17) is 5.73 Å². The maximum absolute atomic E-state index is 12.9. The van der Waals surface area contributed by atoms with Gasteiger partial charge in [-0.3, -0.25) is 4.68 Å². The van der Waals surface area contributed by atoms with E-state index < -0.39 is 10.0 Å². The molecule has 1 heterocycles. The topological polar surface area (TPSA) is 81.2 Å². The molecule has 0 aliphatic heterocycles. The third-order valence-electron chi connectivity index (χ3n) is 3.41. The largest absolute Gasteiger partial charge is 0.330 e. The fourth-order valence-electron chi connectivity index (χ4n) is 2.45. The Balaban J connectivity index is 3.21. The highest BCUT2D eigenvalue weighted by molar-refractivity contribution is 7.89. The fourth-order valence-corrected chi connectivity index (χ4v) is 4.43. The summed E-state index contributed by atoms with van der Waals surface area (Å²) in [7, 11) is -3.49. The number of aryl methyl sites for hydroxylation is 2. The summed E-state index contributed by atoms with van der Waals surface area (Å²) in [6.45, 7) is 11.7. The lowest BCUT2D eigenvalue weighted by Gasteiger charge is -2.22. The third-order valence-corrected chi connectivity index (χ3v) is 5.60. The molecule has 0 unspecified atom stereocenters. The van der Waals surface area contributed by atoms with E-state index >= 15 is 0 Å². The molecule has 0 aliphatic rings. The lowest BCUT2D eigenvalue weighted by atomic mass is 10.2. The molecule has 0 saturated heterocycles. The standard InChI is InChI=1S/C14H28N4O2S/c1-6-17(10-11(2)3)21(19,20)14-12(4)16-18(13(14)5)9-7-8-15/h11H,6-10,15H2,1-5H3. The van der Waals surface area contributed by atoms with Gasteiger partial charge in [0.1, 0.15) is 4.90 Å². The molecule has 1 aromatic rings. The van der Waals surface area contributed by atoms with E-state index in [1.54, 1.807) is 11.6 Å². The predicted molar refractivity (Wildman–Crippen MR) is 84.6 cm³/mol. The highest BCUT2D eigenvalue weighted by Crippen LogP contribution is 2.24. The Labute approximate surface area is 128 Å². The maximum atomic E-state index is 12.9.